The third kappa shape index (κ3) is 3.49. The number of nitrogens with zero attached hydrogens (tertiary/aromatic N) is 2. The van der Waals surface area contributed by atoms with E-state index < -0.39 is 0 Å². The van der Waals surface area contributed by atoms with Gasteiger partial charge in [0.05, 0.1) is 0 Å². The molecule has 0 fully saturated rings. The van der Waals surface area contributed by atoms with E-state index in [0.29, 0.717) is 12.5 Å². The largest absolute Gasteiger partial charge is 0.351 e. The minimum atomic E-state index is -0.240. The van der Waals surface area contributed by atoms with Gasteiger partial charge in [0, 0.05) is 19.7 Å². The molecule has 0 aliphatic carbocycles. The third-order valence-electron chi connectivity index (χ3n) is 2.20. The first kappa shape index (κ1) is 12.4. The van der Waals surface area contributed by atoms with Gasteiger partial charge in [-0.15, -0.1) is 0 Å². The Labute approximate surface area is 94.5 Å². The standard InChI is InChI=1S/C11H17N3O2/c1-8(2)6-7-12-11(16)9-4-5-10(15)14(3)13-9/h4-5,8H,6-7H2,1-3H3,(H,12,16). The van der Waals surface area contributed by atoms with E-state index in [1.54, 1.807) is 0 Å². The highest BCUT2D eigenvalue weighted by Crippen LogP contribution is 1.97. The Morgan fingerprint density at radius 3 is 2.75 bits per heavy atom. The summed E-state index contributed by atoms with van der Waals surface area (Å²) in [6.45, 7) is 4.81. The molecule has 1 heterocycles. The highest BCUT2D eigenvalue weighted by Gasteiger charge is 2.07. The summed E-state index contributed by atoms with van der Waals surface area (Å²) in [4.78, 5) is 22.7. The smallest absolute Gasteiger partial charge is 0.271 e. The average molecular weight is 223 g/mol. The lowest BCUT2D eigenvalue weighted by Gasteiger charge is -2.06. The summed E-state index contributed by atoms with van der Waals surface area (Å²) < 4.78 is 1.15. The maximum absolute atomic E-state index is 11.6. The van der Waals surface area contributed by atoms with Crippen molar-refractivity contribution in [3.05, 3.63) is 28.2 Å². The van der Waals surface area contributed by atoms with Crippen molar-refractivity contribution >= 4 is 5.91 Å². The molecule has 1 rings (SSSR count). The molecule has 5 heteroatoms. The number of hydrogen-bond acceptors (Lipinski definition) is 3. The zero-order valence-electron chi connectivity index (χ0n) is 9.86. The van der Waals surface area contributed by atoms with Gasteiger partial charge in [-0.3, -0.25) is 9.59 Å². The maximum atomic E-state index is 11.6. The van der Waals surface area contributed by atoms with Crippen LogP contribution >= 0.6 is 0 Å². The molecule has 0 aromatic carbocycles. The van der Waals surface area contributed by atoms with Crippen molar-refractivity contribution in [3.63, 3.8) is 0 Å². The van der Waals surface area contributed by atoms with Gasteiger partial charge in [0.2, 0.25) is 0 Å². The van der Waals surface area contributed by atoms with Crippen LogP contribution in [-0.2, 0) is 7.05 Å². The highest BCUT2D eigenvalue weighted by molar-refractivity contribution is 5.91. The van der Waals surface area contributed by atoms with E-state index in [2.05, 4.69) is 24.3 Å². The molecule has 1 aromatic rings. The molecule has 0 saturated carbocycles. The minimum Gasteiger partial charge on any atom is -0.351 e. The van der Waals surface area contributed by atoms with Gasteiger partial charge in [0.25, 0.3) is 11.5 Å². The molecule has 0 aliphatic rings. The first-order valence-corrected chi connectivity index (χ1v) is 5.33. The third-order valence-corrected chi connectivity index (χ3v) is 2.20. The summed E-state index contributed by atoms with van der Waals surface area (Å²) in [5, 5.41) is 6.62. The van der Waals surface area contributed by atoms with Crippen LogP contribution < -0.4 is 10.9 Å². The molecule has 88 valence electrons. The second-order valence-electron chi connectivity index (χ2n) is 4.12. The van der Waals surface area contributed by atoms with Crippen LogP contribution in [0.15, 0.2) is 16.9 Å². The van der Waals surface area contributed by atoms with Crippen molar-refractivity contribution in [2.75, 3.05) is 6.54 Å². The quantitative estimate of drug-likeness (QED) is 0.811. The molecule has 1 N–H and O–H groups in total. The molecule has 16 heavy (non-hydrogen) atoms. The van der Waals surface area contributed by atoms with Gasteiger partial charge in [-0.2, -0.15) is 5.10 Å². The van der Waals surface area contributed by atoms with Gasteiger partial charge in [0.15, 0.2) is 0 Å². The molecule has 0 saturated heterocycles. The Balaban J connectivity index is 2.60. The zero-order valence-corrected chi connectivity index (χ0v) is 9.86. The number of aryl methyl sites for hydroxylation is 1. The Hall–Kier alpha value is -1.65. The number of nitrogens with one attached hydrogen (secondary N) is 1. The van der Waals surface area contributed by atoms with E-state index in [-0.39, 0.29) is 17.2 Å². The van der Waals surface area contributed by atoms with E-state index in [1.807, 2.05) is 0 Å². The Morgan fingerprint density at radius 2 is 2.19 bits per heavy atom. The van der Waals surface area contributed by atoms with Crippen LogP contribution in [0.3, 0.4) is 0 Å². The van der Waals surface area contributed by atoms with E-state index in [9.17, 15) is 9.59 Å². The maximum Gasteiger partial charge on any atom is 0.271 e. The van der Waals surface area contributed by atoms with Crippen LogP contribution in [-0.4, -0.2) is 22.2 Å². The molecule has 1 amide bonds. The van der Waals surface area contributed by atoms with E-state index in [1.165, 1.54) is 19.2 Å². The summed E-state index contributed by atoms with van der Waals surface area (Å²) in [5.41, 5.74) is 0.0459. The van der Waals surface area contributed by atoms with Crippen molar-refractivity contribution < 1.29 is 4.79 Å². The summed E-state index contributed by atoms with van der Waals surface area (Å²) in [6, 6.07) is 2.78. The molecular weight excluding hydrogens is 206 g/mol. The van der Waals surface area contributed by atoms with Gasteiger partial charge >= 0.3 is 0 Å². The number of carbonyl (C=O) groups is 1. The molecule has 0 radical (unpaired) electrons. The normalized spacial score (nSPS) is 10.5. The number of amides is 1. The fourth-order valence-electron chi connectivity index (χ4n) is 1.19. The van der Waals surface area contributed by atoms with E-state index >= 15 is 0 Å². The van der Waals surface area contributed by atoms with Crippen molar-refractivity contribution in [1.29, 1.82) is 0 Å². The molecule has 1 aromatic heterocycles. The van der Waals surface area contributed by atoms with E-state index in [4.69, 9.17) is 0 Å². The molecule has 0 unspecified atom stereocenters. The van der Waals surface area contributed by atoms with Crippen LogP contribution in [0.25, 0.3) is 0 Å². The van der Waals surface area contributed by atoms with Crippen molar-refractivity contribution in [3.8, 4) is 0 Å². The van der Waals surface area contributed by atoms with Crippen molar-refractivity contribution in [2.24, 2.45) is 13.0 Å². The first-order chi connectivity index (χ1) is 7.50. The monoisotopic (exact) mass is 223 g/mol. The Bertz CT molecular complexity index is 423. The SMILES string of the molecule is CC(C)CCNC(=O)c1ccc(=O)n(C)n1. The summed E-state index contributed by atoms with van der Waals surface area (Å²) >= 11 is 0. The molecule has 0 spiro atoms. The van der Waals surface area contributed by atoms with Crippen LogP contribution in [0, 0.1) is 5.92 Å². The Morgan fingerprint density at radius 1 is 1.50 bits per heavy atom. The zero-order chi connectivity index (χ0) is 12.1. The second kappa shape index (κ2) is 5.44. The van der Waals surface area contributed by atoms with Crippen molar-refractivity contribution in [1.82, 2.24) is 15.1 Å². The molecular formula is C11H17N3O2. The van der Waals surface area contributed by atoms with Gasteiger partial charge in [-0.05, 0) is 18.4 Å². The summed E-state index contributed by atoms with van der Waals surface area (Å²) in [5.74, 6) is 0.310. The number of aromatic nitrogens is 2. The predicted molar refractivity (Wildman–Crippen MR) is 61.3 cm³/mol. The molecule has 0 bridgehead atoms. The first-order valence-electron chi connectivity index (χ1n) is 5.33. The number of hydrogen-bond donors (Lipinski definition) is 1. The van der Waals surface area contributed by atoms with Crippen molar-refractivity contribution in [2.45, 2.75) is 20.3 Å². The molecule has 5 nitrogen and oxygen atoms in total. The van der Waals surface area contributed by atoms with Crippen LogP contribution in [0.2, 0.25) is 0 Å². The topological polar surface area (TPSA) is 64.0 Å². The number of carbonyl (C=O) groups excluding carboxylic acids is 1. The average Bonchev–Trinajstić information content (AvgIpc) is 2.21. The van der Waals surface area contributed by atoms with Gasteiger partial charge < -0.3 is 5.32 Å². The van der Waals surface area contributed by atoms with Gasteiger partial charge in [-0.25, -0.2) is 4.68 Å². The van der Waals surface area contributed by atoms with Crippen LogP contribution in [0.4, 0.5) is 0 Å². The highest BCUT2D eigenvalue weighted by atomic mass is 16.2. The van der Waals surface area contributed by atoms with Crippen LogP contribution in [0.1, 0.15) is 30.8 Å². The minimum absolute atomic E-state index is 0.223. The lowest BCUT2D eigenvalue weighted by atomic mass is 10.1. The van der Waals surface area contributed by atoms with Crippen LogP contribution in [0.5, 0.6) is 0 Å². The van der Waals surface area contributed by atoms with Gasteiger partial charge in [0.1, 0.15) is 5.69 Å². The van der Waals surface area contributed by atoms with Gasteiger partial charge in [-0.1, -0.05) is 13.8 Å². The summed E-state index contributed by atoms with van der Waals surface area (Å²) in [6.07, 6.45) is 0.928. The second-order valence-corrected chi connectivity index (χ2v) is 4.12. The predicted octanol–water partition coefficient (Wildman–Crippen LogP) is 0.556. The lowest BCUT2D eigenvalue weighted by Crippen LogP contribution is -2.29. The fraction of sp³-hybridized carbons (Fsp3) is 0.545. The lowest BCUT2D eigenvalue weighted by molar-refractivity contribution is 0.0944. The number of rotatable bonds is 4. The fourth-order valence-corrected chi connectivity index (χ4v) is 1.19. The Kier molecular flexibility index (Phi) is 4.22. The van der Waals surface area contributed by atoms with E-state index in [0.717, 1.165) is 11.1 Å². The molecule has 0 atom stereocenters. The summed E-state index contributed by atoms with van der Waals surface area (Å²) in [7, 11) is 1.52. The molecule has 0 aliphatic heterocycles.